The number of benzene rings is 1. The standard InChI is InChI=1S/C13H17FN2O6S/c1-20-9-5-8(14)12(6-10(9)21-2)23(18,19)16-3-4-22-11(7-16)13(15)17/h5-6,11H,3-4,7H2,1-2H3,(H2,15,17)/t11-/m1/s1. The van der Waals surface area contributed by atoms with Crippen molar-refractivity contribution in [3.8, 4) is 11.5 Å². The molecule has 1 aromatic rings. The van der Waals surface area contributed by atoms with Crippen molar-refractivity contribution >= 4 is 15.9 Å². The van der Waals surface area contributed by atoms with Gasteiger partial charge in [0.2, 0.25) is 15.9 Å². The lowest BCUT2D eigenvalue weighted by Gasteiger charge is -2.30. The molecule has 8 nitrogen and oxygen atoms in total. The Labute approximate surface area is 133 Å². The van der Waals surface area contributed by atoms with Gasteiger partial charge in [-0.25, -0.2) is 12.8 Å². The molecule has 1 aromatic carbocycles. The van der Waals surface area contributed by atoms with Gasteiger partial charge in [0.25, 0.3) is 0 Å². The summed E-state index contributed by atoms with van der Waals surface area (Å²) < 4.78 is 55.4. The maximum absolute atomic E-state index is 14.2. The fourth-order valence-electron chi connectivity index (χ4n) is 2.19. The first-order valence-electron chi connectivity index (χ1n) is 6.64. The highest BCUT2D eigenvalue weighted by molar-refractivity contribution is 7.89. The molecule has 1 aliphatic heterocycles. The molecule has 1 heterocycles. The second-order valence-electron chi connectivity index (χ2n) is 4.76. The summed E-state index contributed by atoms with van der Waals surface area (Å²) in [6.45, 7) is -0.299. The van der Waals surface area contributed by atoms with Gasteiger partial charge in [0.05, 0.1) is 20.8 Å². The fourth-order valence-corrected chi connectivity index (χ4v) is 3.67. The van der Waals surface area contributed by atoms with Crippen molar-refractivity contribution in [3.63, 3.8) is 0 Å². The number of methoxy groups -OCH3 is 2. The number of ether oxygens (including phenoxy) is 3. The third-order valence-electron chi connectivity index (χ3n) is 3.40. The van der Waals surface area contributed by atoms with Gasteiger partial charge in [0, 0.05) is 25.2 Å². The van der Waals surface area contributed by atoms with Gasteiger partial charge in [-0.15, -0.1) is 0 Å². The number of primary amides is 1. The summed E-state index contributed by atoms with van der Waals surface area (Å²) in [6, 6.07) is 1.97. The molecule has 1 amide bonds. The van der Waals surface area contributed by atoms with Crippen LogP contribution in [0.1, 0.15) is 0 Å². The average Bonchev–Trinajstić information content (AvgIpc) is 2.54. The maximum atomic E-state index is 14.2. The zero-order chi connectivity index (χ0) is 17.2. The van der Waals surface area contributed by atoms with E-state index in [4.69, 9.17) is 19.9 Å². The Kier molecular flexibility index (Phi) is 5.07. The molecule has 2 rings (SSSR count). The van der Waals surface area contributed by atoms with Gasteiger partial charge in [0.15, 0.2) is 11.5 Å². The van der Waals surface area contributed by atoms with Gasteiger partial charge in [0.1, 0.15) is 16.8 Å². The SMILES string of the molecule is COc1cc(F)c(S(=O)(=O)N2CCO[C@@H](C(N)=O)C2)cc1OC. The van der Waals surface area contributed by atoms with E-state index in [2.05, 4.69) is 0 Å². The number of rotatable bonds is 5. The van der Waals surface area contributed by atoms with Crippen LogP contribution in [0.25, 0.3) is 0 Å². The van der Waals surface area contributed by atoms with E-state index in [0.29, 0.717) is 0 Å². The summed E-state index contributed by atoms with van der Waals surface area (Å²) >= 11 is 0. The summed E-state index contributed by atoms with van der Waals surface area (Å²) in [6.07, 6.45) is -1.07. The van der Waals surface area contributed by atoms with Crippen LogP contribution >= 0.6 is 0 Å². The third kappa shape index (κ3) is 3.38. The largest absolute Gasteiger partial charge is 0.493 e. The zero-order valence-corrected chi connectivity index (χ0v) is 13.4. The Hall–Kier alpha value is -1.91. The Morgan fingerprint density at radius 2 is 1.96 bits per heavy atom. The molecule has 10 heteroatoms. The molecule has 1 saturated heterocycles. The molecule has 0 radical (unpaired) electrons. The maximum Gasteiger partial charge on any atom is 0.247 e. The van der Waals surface area contributed by atoms with Crippen molar-refractivity contribution in [3.05, 3.63) is 17.9 Å². The number of morpholine rings is 1. The highest BCUT2D eigenvalue weighted by Crippen LogP contribution is 2.33. The van der Waals surface area contributed by atoms with Crippen molar-refractivity contribution in [1.29, 1.82) is 0 Å². The fraction of sp³-hybridized carbons (Fsp3) is 0.462. The lowest BCUT2D eigenvalue weighted by atomic mass is 10.3. The molecule has 0 saturated carbocycles. The number of hydrogen-bond donors (Lipinski definition) is 1. The van der Waals surface area contributed by atoms with Crippen LogP contribution in [0.4, 0.5) is 4.39 Å². The Bertz CT molecular complexity index is 709. The van der Waals surface area contributed by atoms with Crippen LogP contribution in [-0.4, -0.2) is 58.7 Å². The number of carbonyl (C=O) groups is 1. The van der Waals surface area contributed by atoms with Crippen molar-refractivity contribution in [2.75, 3.05) is 33.9 Å². The van der Waals surface area contributed by atoms with E-state index >= 15 is 0 Å². The van der Waals surface area contributed by atoms with Crippen LogP contribution in [0.2, 0.25) is 0 Å². The quantitative estimate of drug-likeness (QED) is 0.784. The van der Waals surface area contributed by atoms with Crippen LogP contribution < -0.4 is 15.2 Å². The number of halogens is 1. The van der Waals surface area contributed by atoms with Crippen molar-refractivity contribution in [1.82, 2.24) is 4.31 Å². The van der Waals surface area contributed by atoms with Crippen molar-refractivity contribution in [2.45, 2.75) is 11.0 Å². The van der Waals surface area contributed by atoms with Gasteiger partial charge in [-0.2, -0.15) is 4.31 Å². The van der Waals surface area contributed by atoms with Crippen LogP contribution in [0.15, 0.2) is 17.0 Å². The van der Waals surface area contributed by atoms with Gasteiger partial charge < -0.3 is 19.9 Å². The summed E-state index contributed by atoms with van der Waals surface area (Å²) in [5.41, 5.74) is 5.13. The minimum absolute atomic E-state index is 0.0122. The van der Waals surface area contributed by atoms with E-state index in [9.17, 15) is 17.6 Å². The number of sulfonamides is 1. The van der Waals surface area contributed by atoms with Gasteiger partial charge in [-0.05, 0) is 0 Å². The minimum Gasteiger partial charge on any atom is -0.493 e. The van der Waals surface area contributed by atoms with Crippen LogP contribution in [-0.2, 0) is 19.6 Å². The number of nitrogens with zero attached hydrogens (tertiary/aromatic N) is 1. The molecule has 0 unspecified atom stereocenters. The molecule has 1 atom stereocenters. The minimum atomic E-state index is -4.18. The van der Waals surface area contributed by atoms with E-state index in [-0.39, 0.29) is 31.2 Å². The van der Waals surface area contributed by atoms with E-state index < -0.39 is 32.7 Å². The molecule has 0 aliphatic carbocycles. The molecule has 1 fully saturated rings. The molecular weight excluding hydrogens is 331 g/mol. The van der Waals surface area contributed by atoms with Crippen LogP contribution in [0.3, 0.4) is 0 Å². The molecule has 23 heavy (non-hydrogen) atoms. The first-order valence-corrected chi connectivity index (χ1v) is 8.08. The molecule has 0 bridgehead atoms. The smallest absolute Gasteiger partial charge is 0.247 e. The predicted molar refractivity (Wildman–Crippen MR) is 77.2 cm³/mol. The first-order chi connectivity index (χ1) is 10.8. The highest BCUT2D eigenvalue weighted by Gasteiger charge is 2.35. The Morgan fingerprint density at radius 3 is 2.52 bits per heavy atom. The van der Waals surface area contributed by atoms with E-state index in [1.807, 2.05) is 0 Å². The number of carbonyl (C=O) groups excluding carboxylic acids is 1. The molecule has 1 aliphatic rings. The average molecular weight is 348 g/mol. The number of nitrogens with two attached hydrogens (primary N) is 1. The molecule has 128 valence electrons. The summed E-state index contributed by atoms with van der Waals surface area (Å²) in [5, 5.41) is 0. The van der Waals surface area contributed by atoms with Crippen LogP contribution in [0, 0.1) is 5.82 Å². The molecule has 0 spiro atoms. The monoisotopic (exact) mass is 348 g/mol. The summed E-state index contributed by atoms with van der Waals surface area (Å²) in [7, 11) is -1.56. The van der Waals surface area contributed by atoms with Crippen molar-refractivity contribution < 1.29 is 31.8 Å². The zero-order valence-electron chi connectivity index (χ0n) is 12.6. The van der Waals surface area contributed by atoms with Gasteiger partial charge in [-0.3, -0.25) is 4.79 Å². The number of hydrogen-bond acceptors (Lipinski definition) is 6. The second kappa shape index (κ2) is 6.69. The molecule has 2 N–H and O–H groups in total. The van der Waals surface area contributed by atoms with E-state index in [0.717, 1.165) is 16.4 Å². The lowest BCUT2D eigenvalue weighted by molar-refractivity contribution is -0.132. The lowest BCUT2D eigenvalue weighted by Crippen LogP contribution is -2.50. The van der Waals surface area contributed by atoms with E-state index in [1.54, 1.807) is 0 Å². The van der Waals surface area contributed by atoms with Crippen LogP contribution in [0.5, 0.6) is 11.5 Å². The van der Waals surface area contributed by atoms with E-state index in [1.165, 1.54) is 14.2 Å². The normalized spacial score (nSPS) is 19.3. The summed E-state index contributed by atoms with van der Waals surface area (Å²) in [4.78, 5) is 10.6. The highest BCUT2D eigenvalue weighted by atomic mass is 32.2. The number of amides is 1. The van der Waals surface area contributed by atoms with Gasteiger partial charge in [-0.1, -0.05) is 0 Å². The van der Waals surface area contributed by atoms with Crippen molar-refractivity contribution in [2.24, 2.45) is 5.73 Å². The van der Waals surface area contributed by atoms with Gasteiger partial charge >= 0.3 is 0 Å². The first kappa shape index (κ1) is 17.4. The predicted octanol–water partition coefficient (Wildman–Crippen LogP) is -0.282. The Balaban J connectivity index is 2.41. The topological polar surface area (TPSA) is 108 Å². The summed E-state index contributed by atoms with van der Waals surface area (Å²) in [5.74, 6) is -1.62. The second-order valence-corrected chi connectivity index (χ2v) is 6.67. The molecule has 0 aromatic heterocycles. The molecular formula is C13H17FN2O6S. The third-order valence-corrected chi connectivity index (χ3v) is 5.28. The Morgan fingerprint density at radius 1 is 1.35 bits per heavy atom.